The molecule has 0 saturated heterocycles. The predicted molar refractivity (Wildman–Crippen MR) is 129 cm³/mol. The van der Waals surface area contributed by atoms with Crippen LogP contribution in [0.2, 0.25) is 0 Å². The van der Waals surface area contributed by atoms with Crippen molar-refractivity contribution in [2.45, 2.75) is 25.9 Å². The van der Waals surface area contributed by atoms with E-state index in [9.17, 15) is 9.59 Å². The van der Waals surface area contributed by atoms with E-state index in [2.05, 4.69) is 25.6 Å². The molecule has 0 fully saturated rings. The fraction of sp³-hybridized carbons (Fsp3) is 0.250. The summed E-state index contributed by atoms with van der Waals surface area (Å²) in [7, 11) is 0. The van der Waals surface area contributed by atoms with Crippen molar-refractivity contribution in [2.24, 2.45) is 0 Å². The highest BCUT2D eigenvalue weighted by atomic mass is 32.2. The zero-order chi connectivity index (χ0) is 22.5. The van der Waals surface area contributed by atoms with Gasteiger partial charge in [0.1, 0.15) is 11.7 Å². The van der Waals surface area contributed by atoms with Gasteiger partial charge in [-0.2, -0.15) is 11.8 Å². The molecular formula is C24H25N5O2S. The first-order valence-electron chi connectivity index (χ1n) is 10.4. The topological polar surface area (TPSA) is 99.8 Å². The molecule has 0 aliphatic rings. The van der Waals surface area contributed by atoms with Gasteiger partial charge in [-0.25, -0.2) is 4.98 Å². The summed E-state index contributed by atoms with van der Waals surface area (Å²) in [5.74, 6) is 0.182. The van der Waals surface area contributed by atoms with Gasteiger partial charge in [0.05, 0.1) is 11.2 Å². The van der Waals surface area contributed by atoms with Crippen molar-refractivity contribution in [3.63, 3.8) is 0 Å². The van der Waals surface area contributed by atoms with Gasteiger partial charge >= 0.3 is 0 Å². The first-order chi connectivity index (χ1) is 15.6. The summed E-state index contributed by atoms with van der Waals surface area (Å²) in [5, 5.41) is 7.78. The summed E-state index contributed by atoms with van der Waals surface area (Å²) in [4.78, 5) is 37.7. The molecule has 0 bridgehead atoms. The number of para-hydroxylation sites is 1. The molecule has 0 spiro atoms. The van der Waals surface area contributed by atoms with Gasteiger partial charge in [-0.1, -0.05) is 18.2 Å². The number of pyridine rings is 2. The lowest BCUT2D eigenvalue weighted by Crippen LogP contribution is -2.47. The van der Waals surface area contributed by atoms with E-state index in [-0.39, 0.29) is 11.8 Å². The van der Waals surface area contributed by atoms with Gasteiger partial charge in [0, 0.05) is 35.2 Å². The molecule has 7 nitrogen and oxygen atoms in total. The molecule has 164 valence electrons. The number of nitrogens with one attached hydrogen (secondary N) is 3. The van der Waals surface area contributed by atoms with Crippen LogP contribution < -0.4 is 10.6 Å². The molecule has 3 N–H and O–H groups in total. The SMILES string of the molecule is CSCCC(NC(=O)c1cc2c([nH]c3ccccc32)c(C)n1)C(=O)NCc1ccncc1. The lowest BCUT2D eigenvalue weighted by Gasteiger charge is -2.18. The molecule has 0 saturated carbocycles. The Hall–Kier alpha value is -3.39. The number of aromatic nitrogens is 3. The number of rotatable bonds is 8. The van der Waals surface area contributed by atoms with Crippen LogP contribution in [0, 0.1) is 6.92 Å². The fourth-order valence-corrected chi connectivity index (χ4v) is 4.14. The summed E-state index contributed by atoms with van der Waals surface area (Å²) < 4.78 is 0. The third kappa shape index (κ3) is 4.75. The minimum atomic E-state index is -0.641. The maximum absolute atomic E-state index is 13.1. The Kier molecular flexibility index (Phi) is 6.70. The monoisotopic (exact) mass is 447 g/mol. The van der Waals surface area contributed by atoms with Crippen LogP contribution in [-0.2, 0) is 11.3 Å². The molecule has 2 amide bonds. The zero-order valence-corrected chi connectivity index (χ0v) is 18.8. The highest BCUT2D eigenvalue weighted by Crippen LogP contribution is 2.27. The van der Waals surface area contributed by atoms with E-state index >= 15 is 0 Å². The maximum atomic E-state index is 13.1. The van der Waals surface area contributed by atoms with Gasteiger partial charge in [0.25, 0.3) is 5.91 Å². The highest BCUT2D eigenvalue weighted by Gasteiger charge is 2.22. The van der Waals surface area contributed by atoms with Crippen molar-refractivity contribution in [3.05, 3.63) is 71.8 Å². The minimum absolute atomic E-state index is 0.214. The lowest BCUT2D eigenvalue weighted by molar-refractivity contribution is -0.123. The van der Waals surface area contributed by atoms with E-state index in [0.717, 1.165) is 38.8 Å². The van der Waals surface area contributed by atoms with Crippen LogP contribution in [0.15, 0.2) is 54.9 Å². The third-order valence-electron chi connectivity index (χ3n) is 5.36. The number of hydrogen-bond acceptors (Lipinski definition) is 5. The Morgan fingerprint density at radius 1 is 1.12 bits per heavy atom. The first-order valence-corrected chi connectivity index (χ1v) is 11.8. The number of amides is 2. The molecule has 3 heterocycles. The average molecular weight is 448 g/mol. The van der Waals surface area contributed by atoms with Crippen molar-refractivity contribution < 1.29 is 9.59 Å². The molecule has 8 heteroatoms. The van der Waals surface area contributed by atoms with Crippen molar-refractivity contribution in [3.8, 4) is 0 Å². The number of hydrogen-bond donors (Lipinski definition) is 3. The van der Waals surface area contributed by atoms with Crippen LogP contribution in [0.4, 0.5) is 0 Å². The van der Waals surface area contributed by atoms with E-state index in [1.807, 2.05) is 49.6 Å². The molecule has 4 aromatic rings. The summed E-state index contributed by atoms with van der Waals surface area (Å²) >= 11 is 1.63. The molecule has 4 rings (SSSR count). The van der Waals surface area contributed by atoms with Crippen LogP contribution in [0.3, 0.4) is 0 Å². The van der Waals surface area contributed by atoms with Gasteiger partial charge in [-0.15, -0.1) is 0 Å². The van der Waals surface area contributed by atoms with Gasteiger partial charge in [-0.3, -0.25) is 14.6 Å². The predicted octanol–water partition coefficient (Wildman–Crippen LogP) is 3.59. The quantitative estimate of drug-likeness (QED) is 0.383. The number of aryl methyl sites for hydroxylation is 1. The number of carbonyl (C=O) groups excluding carboxylic acids is 2. The fourth-order valence-electron chi connectivity index (χ4n) is 3.67. The summed E-state index contributed by atoms with van der Waals surface area (Å²) in [5.41, 5.74) is 3.91. The van der Waals surface area contributed by atoms with Crippen LogP contribution >= 0.6 is 11.8 Å². The van der Waals surface area contributed by atoms with Gasteiger partial charge in [0.15, 0.2) is 0 Å². The van der Waals surface area contributed by atoms with Crippen LogP contribution in [0.25, 0.3) is 21.8 Å². The van der Waals surface area contributed by atoms with E-state index in [1.54, 1.807) is 30.2 Å². The number of carbonyl (C=O) groups is 2. The molecule has 1 atom stereocenters. The van der Waals surface area contributed by atoms with Crippen molar-refractivity contribution >= 4 is 45.4 Å². The van der Waals surface area contributed by atoms with Gasteiger partial charge in [0.2, 0.25) is 5.91 Å². The largest absolute Gasteiger partial charge is 0.353 e. The maximum Gasteiger partial charge on any atom is 0.270 e. The lowest BCUT2D eigenvalue weighted by atomic mass is 10.1. The van der Waals surface area contributed by atoms with Crippen LogP contribution in [0.5, 0.6) is 0 Å². The van der Waals surface area contributed by atoms with Crippen LogP contribution in [0.1, 0.15) is 28.2 Å². The van der Waals surface area contributed by atoms with E-state index < -0.39 is 6.04 Å². The summed E-state index contributed by atoms with van der Waals surface area (Å²) in [6, 6.07) is 12.8. The second-order valence-electron chi connectivity index (χ2n) is 7.57. The smallest absolute Gasteiger partial charge is 0.270 e. The average Bonchev–Trinajstić information content (AvgIpc) is 3.20. The molecule has 32 heavy (non-hydrogen) atoms. The van der Waals surface area contributed by atoms with E-state index in [0.29, 0.717) is 18.7 Å². The Morgan fingerprint density at radius 3 is 2.69 bits per heavy atom. The van der Waals surface area contributed by atoms with E-state index in [1.165, 1.54) is 0 Å². The van der Waals surface area contributed by atoms with Crippen molar-refractivity contribution in [1.29, 1.82) is 0 Å². The second kappa shape index (κ2) is 9.82. The third-order valence-corrected chi connectivity index (χ3v) is 6.00. The second-order valence-corrected chi connectivity index (χ2v) is 8.55. The minimum Gasteiger partial charge on any atom is -0.353 e. The molecular weight excluding hydrogens is 422 g/mol. The van der Waals surface area contributed by atoms with Crippen LogP contribution in [-0.4, -0.2) is 44.8 Å². The molecule has 0 aliphatic carbocycles. The van der Waals surface area contributed by atoms with Crippen molar-refractivity contribution in [2.75, 3.05) is 12.0 Å². The Balaban J connectivity index is 1.54. The zero-order valence-electron chi connectivity index (χ0n) is 18.0. The van der Waals surface area contributed by atoms with Gasteiger partial charge < -0.3 is 15.6 Å². The number of thioether (sulfide) groups is 1. The Morgan fingerprint density at radius 2 is 1.91 bits per heavy atom. The Labute approximate surface area is 190 Å². The summed E-state index contributed by atoms with van der Waals surface area (Å²) in [6.07, 6.45) is 5.87. The standard InChI is InChI=1S/C24H25N5O2S/c1-15-22-18(17-5-3-4-6-19(17)28-22)13-21(27-15)24(31)29-20(9-12-32-2)23(30)26-14-16-7-10-25-11-8-16/h3-8,10-11,13,20,28H,9,12,14H2,1-2H3,(H,26,30)(H,29,31). The summed E-state index contributed by atoms with van der Waals surface area (Å²) in [6.45, 7) is 2.26. The highest BCUT2D eigenvalue weighted by molar-refractivity contribution is 7.98. The van der Waals surface area contributed by atoms with E-state index in [4.69, 9.17) is 0 Å². The molecule has 1 unspecified atom stereocenters. The number of aromatic amines is 1. The molecule has 3 aromatic heterocycles. The first kappa shape index (κ1) is 21.8. The van der Waals surface area contributed by atoms with Gasteiger partial charge in [-0.05, 0) is 55.2 Å². The number of H-pyrrole nitrogens is 1. The number of fused-ring (bicyclic) bond motifs is 3. The normalized spacial score (nSPS) is 12.1. The molecule has 0 aliphatic heterocycles. The molecule has 1 aromatic carbocycles. The number of nitrogens with zero attached hydrogens (tertiary/aromatic N) is 2. The van der Waals surface area contributed by atoms with Crippen molar-refractivity contribution in [1.82, 2.24) is 25.6 Å². The Bertz CT molecular complexity index is 1260. The number of benzene rings is 1. The molecule has 0 radical (unpaired) electrons.